The maximum Gasteiger partial charge on any atom is 0.273 e. The van der Waals surface area contributed by atoms with E-state index < -0.39 is 11.5 Å². The predicted molar refractivity (Wildman–Crippen MR) is 82.4 cm³/mol. The quantitative estimate of drug-likeness (QED) is 0.809. The second-order valence-electron chi connectivity index (χ2n) is 6.14. The SMILES string of the molecule is CCOc1cccnc1C(=O)NCC(C)(C)C(O)C(C)C. The number of hydrogen-bond donors (Lipinski definition) is 2. The highest BCUT2D eigenvalue weighted by Gasteiger charge is 2.31. The van der Waals surface area contributed by atoms with Crippen LogP contribution in [-0.4, -0.2) is 35.3 Å². The Bertz CT molecular complexity index is 472. The Balaban J connectivity index is 2.74. The number of ether oxygens (including phenoxy) is 1. The summed E-state index contributed by atoms with van der Waals surface area (Å²) < 4.78 is 5.40. The van der Waals surface area contributed by atoms with Crippen LogP contribution in [0.25, 0.3) is 0 Å². The van der Waals surface area contributed by atoms with Gasteiger partial charge in [-0.25, -0.2) is 4.98 Å². The van der Waals surface area contributed by atoms with Gasteiger partial charge in [-0.1, -0.05) is 27.7 Å². The lowest BCUT2D eigenvalue weighted by molar-refractivity contribution is 0.0137. The zero-order valence-corrected chi connectivity index (χ0v) is 13.5. The molecule has 1 rings (SSSR count). The van der Waals surface area contributed by atoms with Gasteiger partial charge in [-0.3, -0.25) is 4.79 Å². The highest BCUT2D eigenvalue weighted by Crippen LogP contribution is 2.25. The minimum Gasteiger partial charge on any atom is -0.491 e. The molecule has 2 N–H and O–H groups in total. The van der Waals surface area contributed by atoms with Crippen molar-refractivity contribution in [2.75, 3.05) is 13.2 Å². The van der Waals surface area contributed by atoms with Crippen molar-refractivity contribution in [1.82, 2.24) is 10.3 Å². The van der Waals surface area contributed by atoms with E-state index in [4.69, 9.17) is 4.74 Å². The summed E-state index contributed by atoms with van der Waals surface area (Å²) in [6.07, 6.45) is 1.07. The monoisotopic (exact) mass is 294 g/mol. The summed E-state index contributed by atoms with van der Waals surface area (Å²) in [7, 11) is 0. The lowest BCUT2D eigenvalue weighted by atomic mass is 9.80. The standard InChI is InChI=1S/C16H26N2O3/c1-6-21-12-8-7-9-17-13(12)15(20)18-10-16(4,5)14(19)11(2)3/h7-9,11,14,19H,6,10H2,1-5H3,(H,18,20). The fourth-order valence-corrected chi connectivity index (χ4v) is 2.23. The second kappa shape index (κ2) is 7.41. The molecule has 5 nitrogen and oxygen atoms in total. The second-order valence-corrected chi connectivity index (χ2v) is 6.14. The molecule has 0 aliphatic heterocycles. The number of carbonyl (C=O) groups excluding carboxylic acids is 1. The van der Waals surface area contributed by atoms with Crippen LogP contribution in [-0.2, 0) is 0 Å². The zero-order valence-electron chi connectivity index (χ0n) is 13.5. The lowest BCUT2D eigenvalue weighted by Gasteiger charge is -2.33. The molecule has 1 amide bonds. The highest BCUT2D eigenvalue weighted by molar-refractivity contribution is 5.94. The molecule has 0 spiro atoms. The van der Waals surface area contributed by atoms with E-state index in [-0.39, 0.29) is 17.5 Å². The third-order valence-corrected chi connectivity index (χ3v) is 3.42. The minimum absolute atomic E-state index is 0.130. The molecule has 0 saturated carbocycles. The van der Waals surface area contributed by atoms with Crippen LogP contribution >= 0.6 is 0 Å². The number of nitrogens with one attached hydrogen (secondary N) is 1. The van der Waals surface area contributed by atoms with Gasteiger partial charge >= 0.3 is 0 Å². The van der Waals surface area contributed by atoms with E-state index in [9.17, 15) is 9.90 Å². The van der Waals surface area contributed by atoms with Crippen molar-refractivity contribution in [3.05, 3.63) is 24.0 Å². The molecule has 0 fully saturated rings. The van der Waals surface area contributed by atoms with Crippen molar-refractivity contribution in [3.8, 4) is 5.75 Å². The summed E-state index contributed by atoms with van der Waals surface area (Å²) >= 11 is 0. The Morgan fingerprint density at radius 3 is 2.71 bits per heavy atom. The number of aromatic nitrogens is 1. The smallest absolute Gasteiger partial charge is 0.273 e. The van der Waals surface area contributed by atoms with Crippen LogP contribution in [0.4, 0.5) is 0 Å². The van der Waals surface area contributed by atoms with Gasteiger partial charge in [0.05, 0.1) is 12.7 Å². The van der Waals surface area contributed by atoms with Gasteiger partial charge in [0.1, 0.15) is 0 Å². The van der Waals surface area contributed by atoms with Crippen molar-refractivity contribution in [2.24, 2.45) is 11.3 Å². The Hall–Kier alpha value is -1.62. The van der Waals surface area contributed by atoms with Gasteiger partial charge in [-0.05, 0) is 25.0 Å². The molecule has 0 aliphatic rings. The van der Waals surface area contributed by atoms with Gasteiger partial charge in [0.15, 0.2) is 11.4 Å². The van der Waals surface area contributed by atoms with Crippen LogP contribution in [0, 0.1) is 11.3 Å². The molecule has 0 aliphatic carbocycles. The van der Waals surface area contributed by atoms with Crippen molar-refractivity contribution in [3.63, 3.8) is 0 Å². The summed E-state index contributed by atoms with van der Waals surface area (Å²) in [6.45, 7) is 10.5. The number of aliphatic hydroxyl groups excluding tert-OH is 1. The third-order valence-electron chi connectivity index (χ3n) is 3.42. The largest absolute Gasteiger partial charge is 0.491 e. The molecule has 118 valence electrons. The Kier molecular flexibility index (Phi) is 6.15. The van der Waals surface area contributed by atoms with E-state index in [0.717, 1.165) is 0 Å². The number of amides is 1. The molecule has 0 aromatic carbocycles. The number of nitrogens with zero attached hydrogens (tertiary/aromatic N) is 1. The molecular weight excluding hydrogens is 268 g/mol. The zero-order chi connectivity index (χ0) is 16.0. The van der Waals surface area contributed by atoms with Crippen LogP contribution in [0.3, 0.4) is 0 Å². The fraction of sp³-hybridized carbons (Fsp3) is 0.625. The third kappa shape index (κ3) is 4.70. The fourth-order valence-electron chi connectivity index (χ4n) is 2.23. The molecule has 1 aromatic heterocycles. The topological polar surface area (TPSA) is 71.5 Å². The van der Waals surface area contributed by atoms with Crippen LogP contribution in [0.1, 0.15) is 45.1 Å². The predicted octanol–water partition coefficient (Wildman–Crippen LogP) is 2.25. The van der Waals surface area contributed by atoms with Gasteiger partial charge in [0.2, 0.25) is 0 Å². The molecule has 0 bridgehead atoms. The van der Waals surface area contributed by atoms with E-state index in [0.29, 0.717) is 18.9 Å². The molecule has 0 radical (unpaired) electrons. The van der Waals surface area contributed by atoms with Gasteiger partial charge in [-0.15, -0.1) is 0 Å². The van der Waals surface area contributed by atoms with E-state index >= 15 is 0 Å². The van der Waals surface area contributed by atoms with Crippen LogP contribution in [0.5, 0.6) is 5.75 Å². The summed E-state index contributed by atoms with van der Waals surface area (Å²) in [5.74, 6) is 0.313. The maximum absolute atomic E-state index is 12.2. The lowest BCUT2D eigenvalue weighted by Crippen LogP contribution is -2.43. The number of hydrogen-bond acceptors (Lipinski definition) is 4. The number of aliphatic hydroxyl groups is 1. The van der Waals surface area contributed by atoms with Gasteiger partial charge in [0.25, 0.3) is 5.91 Å². The Morgan fingerprint density at radius 2 is 2.14 bits per heavy atom. The normalized spacial score (nSPS) is 13.1. The van der Waals surface area contributed by atoms with Crippen molar-refractivity contribution >= 4 is 5.91 Å². The van der Waals surface area contributed by atoms with Crippen molar-refractivity contribution < 1.29 is 14.6 Å². The van der Waals surface area contributed by atoms with Crippen LogP contribution < -0.4 is 10.1 Å². The van der Waals surface area contributed by atoms with E-state index in [1.165, 1.54) is 0 Å². The first kappa shape index (κ1) is 17.4. The number of rotatable bonds is 7. The maximum atomic E-state index is 12.2. The average molecular weight is 294 g/mol. The van der Waals surface area contributed by atoms with E-state index in [1.807, 2.05) is 34.6 Å². The molecule has 1 atom stereocenters. The first-order valence-electron chi connectivity index (χ1n) is 7.33. The molecule has 1 unspecified atom stereocenters. The molecule has 21 heavy (non-hydrogen) atoms. The summed E-state index contributed by atoms with van der Waals surface area (Å²) in [5, 5.41) is 13.0. The van der Waals surface area contributed by atoms with Gasteiger partial charge in [-0.2, -0.15) is 0 Å². The summed E-state index contributed by atoms with van der Waals surface area (Å²) in [5.41, 5.74) is -0.140. The summed E-state index contributed by atoms with van der Waals surface area (Å²) in [4.78, 5) is 16.3. The number of carbonyl (C=O) groups is 1. The number of pyridine rings is 1. The molecular formula is C16H26N2O3. The van der Waals surface area contributed by atoms with E-state index in [1.54, 1.807) is 18.3 Å². The minimum atomic E-state index is -0.493. The highest BCUT2D eigenvalue weighted by atomic mass is 16.5. The molecule has 1 aromatic rings. The van der Waals surface area contributed by atoms with Crippen molar-refractivity contribution in [1.29, 1.82) is 0 Å². The molecule has 1 heterocycles. The Morgan fingerprint density at radius 1 is 1.48 bits per heavy atom. The van der Waals surface area contributed by atoms with Crippen LogP contribution in [0.2, 0.25) is 0 Å². The summed E-state index contributed by atoms with van der Waals surface area (Å²) in [6, 6.07) is 3.45. The van der Waals surface area contributed by atoms with Crippen molar-refractivity contribution in [2.45, 2.75) is 40.7 Å². The van der Waals surface area contributed by atoms with Gasteiger partial charge in [0, 0.05) is 18.2 Å². The first-order chi connectivity index (χ1) is 9.79. The van der Waals surface area contributed by atoms with E-state index in [2.05, 4.69) is 10.3 Å². The molecule has 5 heteroatoms. The van der Waals surface area contributed by atoms with Crippen LogP contribution in [0.15, 0.2) is 18.3 Å². The average Bonchev–Trinajstić information content (AvgIpc) is 2.45. The molecule has 0 saturated heterocycles. The van der Waals surface area contributed by atoms with Gasteiger partial charge < -0.3 is 15.2 Å². The Labute approximate surface area is 126 Å². The first-order valence-corrected chi connectivity index (χ1v) is 7.33.